The highest BCUT2D eigenvalue weighted by atomic mass is 35.5. The minimum atomic E-state index is -0.585. The molecule has 0 saturated carbocycles. The first kappa shape index (κ1) is 23.9. The number of nitrogens with zero attached hydrogens (tertiary/aromatic N) is 1. The van der Waals surface area contributed by atoms with E-state index in [1.165, 1.54) is 37.6 Å². The molecule has 0 aliphatic heterocycles. The fraction of sp³-hybridized carbons (Fsp3) is 0.348. The van der Waals surface area contributed by atoms with Gasteiger partial charge in [0.05, 0.1) is 16.8 Å². The molecule has 2 aromatic rings. The largest absolute Gasteiger partial charge is 0.423 e. The standard InChI is InChI=1S/C23H26Cl2N2O3/c1-2-3-4-5-6-7-11-22(28)27-26-16-17-9-8-10-19(14-17)30-23(29)20-13-12-18(24)15-21(20)25/h8-10,12-16H,2-7,11H2,1H3,(H,27,28)/b26-16-. The van der Waals surface area contributed by atoms with Crippen LogP contribution in [0.2, 0.25) is 10.0 Å². The van der Waals surface area contributed by atoms with Gasteiger partial charge in [-0.15, -0.1) is 0 Å². The van der Waals surface area contributed by atoms with Gasteiger partial charge in [0.15, 0.2) is 0 Å². The van der Waals surface area contributed by atoms with Crippen LogP contribution in [0.1, 0.15) is 67.8 Å². The average Bonchev–Trinajstić information content (AvgIpc) is 2.71. The van der Waals surface area contributed by atoms with Gasteiger partial charge in [0.1, 0.15) is 5.75 Å². The van der Waals surface area contributed by atoms with Crippen LogP contribution in [0.4, 0.5) is 0 Å². The average molecular weight is 449 g/mol. The molecule has 0 aromatic heterocycles. The monoisotopic (exact) mass is 448 g/mol. The van der Waals surface area contributed by atoms with E-state index in [0.29, 0.717) is 22.8 Å². The van der Waals surface area contributed by atoms with Crippen molar-refractivity contribution in [3.05, 3.63) is 63.6 Å². The van der Waals surface area contributed by atoms with Gasteiger partial charge in [-0.1, -0.05) is 74.4 Å². The number of benzene rings is 2. The fourth-order valence-corrected chi connectivity index (χ4v) is 3.26. The molecule has 1 amide bonds. The molecule has 0 bridgehead atoms. The van der Waals surface area contributed by atoms with Crippen molar-refractivity contribution in [2.75, 3.05) is 0 Å². The molecule has 0 saturated heterocycles. The Hall–Kier alpha value is -2.37. The Labute approximate surface area is 187 Å². The number of rotatable bonds is 11. The molecule has 160 valence electrons. The zero-order valence-corrected chi connectivity index (χ0v) is 18.5. The lowest BCUT2D eigenvalue weighted by molar-refractivity contribution is -0.121. The molecule has 7 heteroatoms. The summed E-state index contributed by atoms with van der Waals surface area (Å²) < 4.78 is 5.37. The number of unbranched alkanes of at least 4 members (excludes halogenated alkanes) is 5. The molecular weight excluding hydrogens is 423 g/mol. The van der Waals surface area contributed by atoms with Crippen molar-refractivity contribution in [1.82, 2.24) is 5.43 Å². The highest BCUT2D eigenvalue weighted by Crippen LogP contribution is 2.23. The second kappa shape index (κ2) is 13.0. The number of hydrogen-bond donors (Lipinski definition) is 1. The summed E-state index contributed by atoms with van der Waals surface area (Å²) in [6.07, 6.45) is 8.74. The quantitative estimate of drug-likeness (QED) is 0.142. The molecule has 0 fully saturated rings. The Bertz CT molecular complexity index is 885. The summed E-state index contributed by atoms with van der Waals surface area (Å²) >= 11 is 11.9. The predicted molar refractivity (Wildman–Crippen MR) is 122 cm³/mol. The second-order valence-electron chi connectivity index (χ2n) is 6.90. The van der Waals surface area contributed by atoms with E-state index in [-0.39, 0.29) is 16.5 Å². The van der Waals surface area contributed by atoms with Crippen LogP contribution in [0.5, 0.6) is 5.75 Å². The summed E-state index contributed by atoms with van der Waals surface area (Å²) in [6.45, 7) is 2.18. The summed E-state index contributed by atoms with van der Waals surface area (Å²) in [7, 11) is 0. The minimum absolute atomic E-state index is 0.110. The number of hydrazone groups is 1. The zero-order valence-electron chi connectivity index (χ0n) is 17.0. The highest BCUT2D eigenvalue weighted by molar-refractivity contribution is 6.36. The Kier molecular flexibility index (Phi) is 10.4. The molecule has 30 heavy (non-hydrogen) atoms. The van der Waals surface area contributed by atoms with E-state index in [0.717, 1.165) is 19.3 Å². The molecule has 0 aliphatic rings. The van der Waals surface area contributed by atoms with Crippen molar-refractivity contribution in [3.8, 4) is 5.75 Å². The molecule has 0 spiro atoms. The van der Waals surface area contributed by atoms with Crippen molar-refractivity contribution in [1.29, 1.82) is 0 Å². The molecule has 1 N–H and O–H groups in total. The van der Waals surface area contributed by atoms with Gasteiger partial charge in [-0.25, -0.2) is 10.2 Å². The fourth-order valence-electron chi connectivity index (χ4n) is 2.78. The molecule has 2 rings (SSSR count). The number of esters is 1. The van der Waals surface area contributed by atoms with Crippen LogP contribution in [-0.2, 0) is 4.79 Å². The van der Waals surface area contributed by atoms with Gasteiger partial charge in [-0.2, -0.15) is 5.10 Å². The number of ether oxygens (including phenoxy) is 1. The highest BCUT2D eigenvalue weighted by Gasteiger charge is 2.13. The summed E-state index contributed by atoms with van der Waals surface area (Å²) in [4.78, 5) is 24.1. The van der Waals surface area contributed by atoms with Gasteiger partial charge in [0, 0.05) is 11.4 Å². The first-order chi connectivity index (χ1) is 14.5. The maximum absolute atomic E-state index is 12.3. The lowest BCUT2D eigenvalue weighted by atomic mass is 10.1. The lowest BCUT2D eigenvalue weighted by Gasteiger charge is -2.07. The molecule has 2 aromatic carbocycles. The van der Waals surface area contributed by atoms with Crippen LogP contribution in [-0.4, -0.2) is 18.1 Å². The lowest BCUT2D eigenvalue weighted by Crippen LogP contribution is -2.16. The molecule has 0 radical (unpaired) electrons. The third-order valence-corrected chi connectivity index (χ3v) is 4.93. The number of nitrogens with one attached hydrogen (secondary N) is 1. The van der Waals surface area contributed by atoms with Gasteiger partial charge in [-0.05, 0) is 42.3 Å². The van der Waals surface area contributed by atoms with E-state index >= 15 is 0 Å². The maximum atomic E-state index is 12.3. The van der Waals surface area contributed by atoms with Gasteiger partial charge in [-0.3, -0.25) is 4.79 Å². The number of halogens is 2. The van der Waals surface area contributed by atoms with Crippen molar-refractivity contribution < 1.29 is 14.3 Å². The van der Waals surface area contributed by atoms with Gasteiger partial charge in [0.2, 0.25) is 5.91 Å². The SMILES string of the molecule is CCCCCCCCC(=O)N/N=C\c1cccc(OC(=O)c2ccc(Cl)cc2Cl)c1. The van der Waals surface area contributed by atoms with E-state index in [2.05, 4.69) is 17.5 Å². The number of carbonyl (C=O) groups excluding carboxylic acids is 2. The predicted octanol–water partition coefficient (Wildman–Crippen LogP) is 6.41. The number of amides is 1. The van der Waals surface area contributed by atoms with Gasteiger partial charge < -0.3 is 4.74 Å². The summed E-state index contributed by atoms with van der Waals surface area (Å²) in [5.74, 6) is -0.354. The van der Waals surface area contributed by atoms with Crippen molar-refractivity contribution in [3.63, 3.8) is 0 Å². The van der Waals surface area contributed by atoms with Gasteiger partial charge >= 0.3 is 5.97 Å². The van der Waals surface area contributed by atoms with Crippen molar-refractivity contribution in [2.24, 2.45) is 5.10 Å². The van der Waals surface area contributed by atoms with E-state index in [1.54, 1.807) is 30.3 Å². The van der Waals surface area contributed by atoms with E-state index < -0.39 is 5.97 Å². The molecule has 0 unspecified atom stereocenters. The third kappa shape index (κ3) is 8.56. The Morgan fingerprint density at radius 1 is 1.03 bits per heavy atom. The van der Waals surface area contributed by atoms with Crippen molar-refractivity contribution >= 4 is 41.3 Å². The summed E-state index contributed by atoms with van der Waals surface area (Å²) in [5.41, 5.74) is 3.43. The number of carbonyl (C=O) groups is 2. The van der Waals surface area contributed by atoms with Crippen molar-refractivity contribution in [2.45, 2.75) is 51.9 Å². The van der Waals surface area contributed by atoms with Crippen LogP contribution < -0.4 is 10.2 Å². The Morgan fingerprint density at radius 2 is 1.80 bits per heavy atom. The topological polar surface area (TPSA) is 67.8 Å². The number of hydrogen-bond acceptors (Lipinski definition) is 4. The van der Waals surface area contributed by atoms with Crippen LogP contribution in [0.15, 0.2) is 47.6 Å². The van der Waals surface area contributed by atoms with Crippen LogP contribution in [0.25, 0.3) is 0 Å². The van der Waals surface area contributed by atoms with Crippen LogP contribution in [0.3, 0.4) is 0 Å². The maximum Gasteiger partial charge on any atom is 0.345 e. The van der Waals surface area contributed by atoms with E-state index in [4.69, 9.17) is 27.9 Å². The smallest absolute Gasteiger partial charge is 0.345 e. The molecule has 0 atom stereocenters. The summed E-state index contributed by atoms with van der Waals surface area (Å²) in [5, 5.41) is 4.63. The zero-order chi connectivity index (χ0) is 21.8. The van der Waals surface area contributed by atoms with E-state index in [1.807, 2.05) is 0 Å². The minimum Gasteiger partial charge on any atom is -0.423 e. The normalized spacial score (nSPS) is 10.9. The van der Waals surface area contributed by atoms with Crippen LogP contribution >= 0.6 is 23.2 Å². The summed E-state index contributed by atoms with van der Waals surface area (Å²) in [6, 6.07) is 11.4. The molecule has 0 heterocycles. The molecule has 5 nitrogen and oxygen atoms in total. The third-order valence-electron chi connectivity index (χ3n) is 4.38. The first-order valence-corrected chi connectivity index (χ1v) is 10.8. The first-order valence-electron chi connectivity index (χ1n) is 10.1. The van der Waals surface area contributed by atoms with E-state index in [9.17, 15) is 9.59 Å². The Balaban J connectivity index is 1.82. The second-order valence-corrected chi connectivity index (χ2v) is 7.74. The Morgan fingerprint density at radius 3 is 2.57 bits per heavy atom. The molecular formula is C23H26Cl2N2O3. The van der Waals surface area contributed by atoms with Crippen LogP contribution in [0, 0.1) is 0 Å². The molecule has 0 aliphatic carbocycles. The van der Waals surface area contributed by atoms with Gasteiger partial charge in [0.25, 0.3) is 0 Å².